The molecule has 0 amide bonds. The molecule has 1 aromatic rings. The number of rotatable bonds is 8. The second-order valence-corrected chi connectivity index (χ2v) is 4.72. The fourth-order valence-corrected chi connectivity index (χ4v) is 1.26. The van der Waals surface area contributed by atoms with Crippen molar-refractivity contribution >= 4 is 17.8 Å². The van der Waals surface area contributed by atoms with Gasteiger partial charge in [0.1, 0.15) is 0 Å². The number of ether oxygens (including phenoxy) is 1. The molecule has 8 heteroatoms. The molecule has 0 fully saturated rings. The van der Waals surface area contributed by atoms with Crippen LogP contribution in [-0.4, -0.2) is 48.8 Å². The van der Waals surface area contributed by atoms with Crippen LogP contribution in [0.5, 0.6) is 0 Å². The Kier molecular flexibility index (Phi) is 6.23. The molecule has 0 aliphatic rings. The van der Waals surface area contributed by atoms with Gasteiger partial charge in [-0.2, -0.15) is 15.0 Å². The molecule has 8 nitrogen and oxygen atoms in total. The van der Waals surface area contributed by atoms with Gasteiger partial charge >= 0.3 is 0 Å². The minimum atomic E-state index is 0.323. The first-order valence-corrected chi connectivity index (χ1v) is 6.24. The molecule has 1 aromatic heterocycles. The van der Waals surface area contributed by atoms with E-state index in [4.69, 9.17) is 10.6 Å². The molecule has 0 saturated carbocycles. The molecule has 0 aliphatic heterocycles. The van der Waals surface area contributed by atoms with Gasteiger partial charge in [0.25, 0.3) is 0 Å². The highest BCUT2D eigenvalue weighted by Crippen LogP contribution is 2.10. The summed E-state index contributed by atoms with van der Waals surface area (Å²) in [6.07, 6.45) is 0. The van der Waals surface area contributed by atoms with Crippen molar-refractivity contribution in [1.82, 2.24) is 15.0 Å². The molecule has 0 saturated heterocycles. The molecule has 0 atom stereocenters. The van der Waals surface area contributed by atoms with Gasteiger partial charge in [0, 0.05) is 27.2 Å². The summed E-state index contributed by atoms with van der Waals surface area (Å²) in [6, 6.07) is 0. The number of anilines is 3. The van der Waals surface area contributed by atoms with Crippen molar-refractivity contribution in [1.29, 1.82) is 0 Å². The normalized spacial score (nSPS) is 10.6. The van der Waals surface area contributed by atoms with E-state index in [2.05, 4.69) is 39.5 Å². The third-order valence-electron chi connectivity index (χ3n) is 2.13. The first-order valence-electron chi connectivity index (χ1n) is 6.24. The Hall–Kier alpha value is -1.67. The van der Waals surface area contributed by atoms with Gasteiger partial charge in [-0.15, -0.1) is 0 Å². The van der Waals surface area contributed by atoms with Crippen molar-refractivity contribution in [2.45, 2.75) is 13.8 Å². The van der Waals surface area contributed by atoms with Crippen molar-refractivity contribution in [3.8, 4) is 0 Å². The highest BCUT2D eigenvalue weighted by atomic mass is 16.5. The third kappa shape index (κ3) is 5.66. The molecule has 19 heavy (non-hydrogen) atoms. The topological polar surface area (TPSA) is 101 Å². The summed E-state index contributed by atoms with van der Waals surface area (Å²) in [5.74, 6) is 7.19. The van der Waals surface area contributed by atoms with Gasteiger partial charge in [0.15, 0.2) is 0 Å². The Bertz CT molecular complexity index is 383. The quantitative estimate of drug-likeness (QED) is 0.352. The van der Waals surface area contributed by atoms with Crippen molar-refractivity contribution in [3.63, 3.8) is 0 Å². The summed E-state index contributed by atoms with van der Waals surface area (Å²) in [4.78, 5) is 14.3. The molecule has 0 unspecified atom stereocenters. The molecule has 0 aromatic carbocycles. The van der Waals surface area contributed by atoms with Crippen LogP contribution >= 0.6 is 0 Å². The number of hydrazine groups is 1. The number of nitrogens with one attached hydrogen (secondary N) is 2. The minimum Gasteiger partial charge on any atom is -0.379 e. The summed E-state index contributed by atoms with van der Waals surface area (Å²) in [5.41, 5.74) is 2.42. The highest BCUT2D eigenvalue weighted by molar-refractivity contribution is 5.42. The van der Waals surface area contributed by atoms with Crippen LogP contribution in [0.4, 0.5) is 17.8 Å². The van der Waals surface area contributed by atoms with Crippen molar-refractivity contribution in [2.75, 3.05) is 49.5 Å². The predicted octanol–water partition coefficient (Wildman–Crippen LogP) is 0.308. The monoisotopic (exact) mass is 269 g/mol. The Morgan fingerprint density at radius 1 is 1.21 bits per heavy atom. The molecule has 1 heterocycles. The second-order valence-electron chi connectivity index (χ2n) is 4.72. The Morgan fingerprint density at radius 3 is 2.47 bits per heavy atom. The average Bonchev–Trinajstić information content (AvgIpc) is 2.37. The fourth-order valence-electron chi connectivity index (χ4n) is 1.26. The number of nitrogens with two attached hydrogens (primary N) is 1. The van der Waals surface area contributed by atoms with E-state index in [1.165, 1.54) is 0 Å². The van der Waals surface area contributed by atoms with Gasteiger partial charge in [-0.05, 0) is 5.92 Å². The Morgan fingerprint density at radius 2 is 1.89 bits per heavy atom. The summed E-state index contributed by atoms with van der Waals surface area (Å²) < 4.78 is 5.47. The molecule has 4 N–H and O–H groups in total. The highest BCUT2D eigenvalue weighted by Gasteiger charge is 2.06. The third-order valence-corrected chi connectivity index (χ3v) is 2.13. The lowest BCUT2D eigenvalue weighted by Gasteiger charge is -2.13. The number of aromatic nitrogens is 3. The first kappa shape index (κ1) is 15.4. The Labute approximate surface area is 113 Å². The molecular formula is C11H23N7O. The Balaban J connectivity index is 2.50. The summed E-state index contributed by atoms with van der Waals surface area (Å²) in [5, 5.41) is 3.08. The van der Waals surface area contributed by atoms with E-state index < -0.39 is 0 Å². The number of hydrogen-bond acceptors (Lipinski definition) is 8. The van der Waals surface area contributed by atoms with E-state index in [9.17, 15) is 0 Å². The molecule has 0 bridgehead atoms. The maximum absolute atomic E-state index is 5.47. The lowest BCUT2D eigenvalue weighted by atomic mass is 10.2. The van der Waals surface area contributed by atoms with E-state index in [0.717, 1.165) is 6.61 Å². The molecule has 1 rings (SSSR count). The lowest BCUT2D eigenvalue weighted by Crippen LogP contribution is -2.20. The van der Waals surface area contributed by atoms with Gasteiger partial charge in [-0.1, -0.05) is 13.8 Å². The number of nitrogens with zero attached hydrogens (tertiary/aromatic N) is 4. The predicted molar refractivity (Wildman–Crippen MR) is 76.1 cm³/mol. The summed E-state index contributed by atoms with van der Waals surface area (Å²) in [6.45, 7) is 6.21. The van der Waals surface area contributed by atoms with E-state index >= 15 is 0 Å². The van der Waals surface area contributed by atoms with Crippen LogP contribution in [0.2, 0.25) is 0 Å². The van der Waals surface area contributed by atoms with Crippen LogP contribution in [0.3, 0.4) is 0 Å². The van der Waals surface area contributed by atoms with Gasteiger partial charge in [-0.25, -0.2) is 5.84 Å². The maximum Gasteiger partial charge on any atom is 0.243 e. The van der Waals surface area contributed by atoms with Crippen LogP contribution in [0.1, 0.15) is 13.8 Å². The van der Waals surface area contributed by atoms with Crippen molar-refractivity contribution in [3.05, 3.63) is 0 Å². The SMILES string of the molecule is CC(C)COCCNc1nc(NN)nc(N(C)C)n1. The van der Waals surface area contributed by atoms with Gasteiger partial charge in [0.2, 0.25) is 17.8 Å². The van der Waals surface area contributed by atoms with Crippen LogP contribution in [-0.2, 0) is 4.74 Å². The van der Waals surface area contributed by atoms with Gasteiger partial charge in [-0.3, -0.25) is 5.43 Å². The largest absolute Gasteiger partial charge is 0.379 e. The van der Waals surface area contributed by atoms with Crippen molar-refractivity contribution < 1.29 is 4.74 Å². The van der Waals surface area contributed by atoms with Gasteiger partial charge < -0.3 is 15.0 Å². The van der Waals surface area contributed by atoms with Crippen LogP contribution in [0.15, 0.2) is 0 Å². The molecule has 108 valence electrons. The fraction of sp³-hybridized carbons (Fsp3) is 0.727. The zero-order valence-electron chi connectivity index (χ0n) is 12.0. The molecule has 0 radical (unpaired) electrons. The van der Waals surface area contributed by atoms with Gasteiger partial charge in [0.05, 0.1) is 6.61 Å². The maximum atomic E-state index is 5.47. The van der Waals surface area contributed by atoms with E-state index in [0.29, 0.717) is 36.9 Å². The van der Waals surface area contributed by atoms with Crippen LogP contribution in [0.25, 0.3) is 0 Å². The zero-order chi connectivity index (χ0) is 14.3. The second kappa shape index (κ2) is 7.70. The molecule has 0 spiro atoms. The summed E-state index contributed by atoms with van der Waals surface area (Å²) in [7, 11) is 3.70. The van der Waals surface area contributed by atoms with E-state index in [1.54, 1.807) is 4.90 Å². The van der Waals surface area contributed by atoms with Crippen LogP contribution in [0, 0.1) is 5.92 Å². The van der Waals surface area contributed by atoms with Crippen LogP contribution < -0.4 is 21.5 Å². The molecular weight excluding hydrogens is 246 g/mol. The standard InChI is InChI=1S/C11H23N7O/c1-8(2)7-19-6-5-13-9-14-10(17-12)16-11(15-9)18(3)4/h8H,5-7,12H2,1-4H3,(H2,13,14,15,16,17). The van der Waals surface area contributed by atoms with E-state index in [-0.39, 0.29) is 0 Å². The summed E-state index contributed by atoms with van der Waals surface area (Å²) >= 11 is 0. The number of hydrogen-bond donors (Lipinski definition) is 3. The minimum absolute atomic E-state index is 0.323. The number of nitrogen functional groups attached to an aromatic ring is 1. The first-order chi connectivity index (χ1) is 9.02. The zero-order valence-corrected chi connectivity index (χ0v) is 12.0. The van der Waals surface area contributed by atoms with Crippen molar-refractivity contribution in [2.24, 2.45) is 11.8 Å². The smallest absolute Gasteiger partial charge is 0.243 e. The lowest BCUT2D eigenvalue weighted by molar-refractivity contribution is 0.118. The molecule has 0 aliphatic carbocycles. The van der Waals surface area contributed by atoms with E-state index in [1.807, 2.05) is 14.1 Å². The average molecular weight is 269 g/mol.